The zero-order chi connectivity index (χ0) is 20.2. The Bertz CT molecular complexity index is 1010. The third kappa shape index (κ3) is 4.44. The standard InChI is InChI=1S/C23H23N3O2S/c1-17-24-19(16-29-17)15-25-11-13-26(14-12-25)23(28)21-10-6-5-9-20(21)22(27)18-7-3-2-4-8-18/h2-10,16H,11-15H2,1H3. The highest BCUT2D eigenvalue weighted by Gasteiger charge is 2.26. The molecule has 0 bridgehead atoms. The van der Waals surface area contributed by atoms with Crippen LogP contribution in [0.15, 0.2) is 60.0 Å². The van der Waals surface area contributed by atoms with Gasteiger partial charge in [0.15, 0.2) is 5.78 Å². The SMILES string of the molecule is Cc1nc(CN2CCN(C(=O)c3ccccc3C(=O)c3ccccc3)CC2)cs1. The predicted molar refractivity (Wildman–Crippen MR) is 114 cm³/mol. The molecule has 4 rings (SSSR count). The molecule has 1 aliphatic heterocycles. The number of thiazole rings is 1. The normalized spacial score (nSPS) is 14.7. The zero-order valence-corrected chi connectivity index (χ0v) is 17.2. The van der Waals surface area contributed by atoms with Crippen LogP contribution in [-0.2, 0) is 6.54 Å². The fourth-order valence-corrected chi connectivity index (χ4v) is 4.21. The second-order valence-corrected chi connectivity index (χ2v) is 8.23. The largest absolute Gasteiger partial charge is 0.336 e. The smallest absolute Gasteiger partial charge is 0.254 e. The Balaban J connectivity index is 1.45. The Labute approximate surface area is 174 Å². The molecule has 3 aromatic rings. The van der Waals surface area contributed by atoms with Gasteiger partial charge in [-0.1, -0.05) is 48.5 Å². The minimum absolute atomic E-state index is 0.0750. The number of nitrogens with zero attached hydrogens (tertiary/aromatic N) is 3. The number of amides is 1. The first-order valence-electron chi connectivity index (χ1n) is 9.73. The molecular weight excluding hydrogens is 382 g/mol. The average Bonchev–Trinajstić information content (AvgIpc) is 3.18. The molecule has 0 radical (unpaired) electrons. The highest BCUT2D eigenvalue weighted by atomic mass is 32.1. The van der Waals surface area contributed by atoms with Gasteiger partial charge < -0.3 is 4.90 Å². The topological polar surface area (TPSA) is 53.5 Å². The Kier molecular flexibility index (Phi) is 5.83. The maximum absolute atomic E-state index is 13.2. The van der Waals surface area contributed by atoms with Crippen molar-refractivity contribution in [2.45, 2.75) is 13.5 Å². The molecule has 1 aromatic heterocycles. The van der Waals surface area contributed by atoms with Crippen LogP contribution >= 0.6 is 11.3 Å². The molecule has 29 heavy (non-hydrogen) atoms. The van der Waals surface area contributed by atoms with Crippen LogP contribution in [0.4, 0.5) is 0 Å². The van der Waals surface area contributed by atoms with E-state index in [0.717, 1.165) is 30.3 Å². The van der Waals surface area contributed by atoms with Crippen LogP contribution in [0.5, 0.6) is 0 Å². The molecule has 1 aliphatic rings. The van der Waals surface area contributed by atoms with E-state index in [2.05, 4.69) is 15.3 Å². The second-order valence-electron chi connectivity index (χ2n) is 7.17. The molecule has 6 heteroatoms. The van der Waals surface area contributed by atoms with E-state index in [1.165, 1.54) is 0 Å². The Morgan fingerprint density at radius 2 is 1.59 bits per heavy atom. The summed E-state index contributed by atoms with van der Waals surface area (Å²) in [4.78, 5) is 34.8. The Morgan fingerprint density at radius 3 is 2.24 bits per heavy atom. The van der Waals surface area contributed by atoms with Crippen molar-refractivity contribution in [3.63, 3.8) is 0 Å². The van der Waals surface area contributed by atoms with Gasteiger partial charge in [-0.15, -0.1) is 11.3 Å². The first-order chi connectivity index (χ1) is 14.1. The lowest BCUT2D eigenvalue weighted by Crippen LogP contribution is -2.48. The van der Waals surface area contributed by atoms with Crippen molar-refractivity contribution >= 4 is 23.0 Å². The van der Waals surface area contributed by atoms with Gasteiger partial charge in [-0.2, -0.15) is 0 Å². The number of aromatic nitrogens is 1. The number of piperazine rings is 1. The molecule has 1 saturated heterocycles. The molecule has 0 atom stereocenters. The fraction of sp³-hybridized carbons (Fsp3) is 0.261. The molecular formula is C23H23N3O2S. The Hall–Kier alpha value is -2.83. The van der Waals surface area contributed by atoms with E-state index in [4.69, 9.17) is 0 Å². The van der Waals surface area contributed by atoms with Gasteiger partial charge in [0.05, 0.1) is 16.3 Å². The quantitative estimate of drug-likeness (QED) is 0.608. The van der Waals surface area contributed by atoms with Crippen molar-refractivity contribution in [3.05, 3.63) is 87.4 Å². The van der Waals surface area contributed by atoms with Crippen molar-refractivity contribution in [2.75, 3.05) is 26.2 Å². The summed E-state index contributed by atoms with van der Waals surface area (Å²) in [6, 6.07) is 16.2. The highest BCUT2D eigenvalue weighted by molar-refractivity contribution is 7.09. The van der Waals surface area contributed by atoms with Crippen molar-refractivity contribution in [1.29, 1.82) is 0 Å². The van der Waals surface area contributed by atoms with Crippen LogP contribution in [0.2, 0.25) is 0 Å². The maximum Gasteiger partial charge on any atom is 0.254 e. The number of hydrogen-bond donors (Lipinski definition) is 0. The summed E-state index contributed by atoms with van der Waals surface area (Å²) in [6.07, 6.45) is 0. The van der Waals surface area contributed by atoms with E-state index < -0.39 is 0 Å². The van der Waals surface area contributed by atoms with Crippen molar-refractivity contribution < 1.29 is 9.59 Å². The molecule has 2 aromatic carbocycles. The first-order valence-corrected chi connectivity index (χ1v) is 10.6. The monoisotopic (exact) mass is 405 g/mol. The van der Waals surface area contributed by atoms with E-state index in [1.807, 2.05) is 36.1 Å². The summed E-state index contributed by atoms with van der Waals surface area (Å²) < 4.78 is 0. The minimum Gasteiger partial charge on any atom is -0.336 e. The lowest BCUT2D eigenvalue weighted by Gasteiger charge is -2.34. The zero-order valence-electron chi connectivity index (χ0n) is 16.4. The fourth-order valence-electron chi connectivity index (χ4n) is 3.60. The molecule has 0 N–H and O–H groups in total. The van der Waals surface area contributed by atoms with Crippen LogP contribution in [0.1, 0.15) is 37.0 Å². The van der Waals surface area contributed by atoms with Crippen LogP contribution < -0.4 is 0 Å². The number of hydrogen-bond acceptors (Lipinski definition) is 5. The third-order valence-corrected chi connectivity index (χ3v) is 5.97. The molecule has 2 heterocycles. The van der Waals surface area contributed by atoms with Crippen LogP contribution in [0, 0.1) is 6.92 Å². The van der Waals surface area contributed by atoms with Gasteiger partial charge in [-0.3, -0.25) is 14.5 Å². The molecule has 1 fully saturated rings. The Morgan fingerprint density at radius 1 is 0.931 bits per heavy atom. The maximum atomic E-state index is 13.2. The summed E-state index contributed by atoms with van der Waals surface area (Å²) in [5, 5.41) is 3.17. The summed E-state index contributed by atoms with van der Waals surface area (Å²) in [5.41, 5.74) is 2.62. The lowest BCUT2D eigenvalue weighted by atomic mass is 9.97. The average molecular weight is 406 g/mol. The van der Waals surface area contributed by atoms with Gasteiger partial charge >= 0.3 is 0 Å². The molecule has 0 unspecified atom stereocenters. The van der Waals surface area contributed by atoms with Crippen molar-refractivity contribution in [3.8, 4) is 0 Å². The van der Waals surface area contributed by atoms with Gasteiger partial charge in [0, 0.05) is 49.2 Å². The van der Waals surface area contributed by atoms with Crippen LogP contribution in [0.25, 0.3) is 0 Å². The van der Waals surface area contributed by atoms with E-state index >= 15 is 0 Å². The van der Waals surface area contributed by atoms with E-state index in [-0.39, 0.29) is 11.7 Å². The summed E-state index contributed by atoms with van der Waals surface area (Å²) in [6.45, 7) is 5.73. The van der Waals surface area contributed by atoms with Gasteiger partial charge in [-0.05, 0) is 13.0 Å². The highest BCUT2D eigenvalue weighted by Crippen LogP contribution is 2.18. The molecule has 0 saturated carbocycles. The molecule has 0 aliphatic carbocycles. The van der Waals surface area contributed by atoms with Gasteiger partial charge in [-0.25, -0.2) is 4.98 Å². The first kappa shape index (κ1) is 19.5. The molecule has 1 amide bonds. The number of rotatable bonds is 5. The van der Waals surface area contributed by atoms with Crippen LogP contribution in [0.3, 0.4) is 0 Å². The molecule has 5 nitrogen and oxygen atoms in total. The summed E-state index contributed by atoms with van der Waals surface area (Å²) in [7, 11) is 0. The molecule has 0 spiro atoms. The summed E-state index contributed by atoms with van der Waals surface area (Å²) >= 11 is 1.66. The number of ketones is 1. The van der Waals surface area contributed by atoms with E-state index in [9.17, 15) is 9.59 Å². The molecule has 148 valence electrons. The van der Waals surface area contributed by atoms with Crippen molar-refractivity contribution in [2.24, 2.45) is 0 Å². The van der Waals surface area contributed by atoms with Crippen molar-refractivity contribution in [1.82, 2.24) is 14.8 Å². The second kappa shape index (κ2) is 8.68. The van der Waals surface area contributed by atoms with E-state index in [1.54, 1.807) is 41.7 Å². The lowest BCUT2D eigenvalue weighted by molar-refractivity contribution is 0.0624. The van der Waals surface area contributed by atoms with Gasteiger partial charge in [0.2, 0.25) is 0 Å². The van der Waals surface area contributed by atoms with Crippen LogP contribution in [-0.4, -0.2) is 52.7 Å². The number of carbonyl (C=O) groups excluding carboxylic acids is 2. The number of benzene rings is 2. The van der Waals surface area contributed by atoms with Gasteiger partial charge in [0.1, 0.15) is 0 Å². The minimum atomic E-state index is -0.118. The number of carbonyl (C=O) groups is 2. The van der Waals surface area contributed by atoms with E-state index in [0.29, 0.717) is 29.8 Å². The van der Waals surface area contributed by atoms with Gasteiger partial charge in [0.25, 0.3) is 5.91 Å². The number of aryl methyl sites for hydroxylation is 1. The summed E-state index contributed by atoms with van der Waals surface area (Å²) in [5.74, 6) is -0.193. The predicted octanol–water partition coefficient (Wildman–Crippen LogP) is 3.64. The third-order valence-electron chi connectivity index (χ3n) is 5.15.